The molecule has 4 heteroatoms. The number of rotatable bonds is 3. The Morgan fingerprint density at radius 1 is 0.762 bits per heavy atom. The number of aliphatic hydroxyl groups excluding tert-OH is 3. The van der Waals surface area contributed by atoms with E-state index in [9.17, 15) is 0 Å². The summed E-state index contributed by atoms with van der Waals surface area (Å²) in [5.41, 5.74) is 0. The summed E-state index contributed by atoms with van der Waals surface area (Å²) in [5, 5.41) is 31.0. The van der Waals surface area contributed by atoms with E-state index in [1.807, 2.05) is 0 Å². The molecule has 21 heavy (non-hydrogen) atoms. The van der Waals surface area contributed by atoms with Crippen LogP contribution >= 0.6 is 7.92 Å². The Morgan fingerprint density at radius 2 is 1.29 bits per heavy atom. The van der Waals surface area contributed by atoms with E-state index >= 15 is 0 Å². The maximum atomic E-state index is 8.23. The monoisotopic (exact) mass is 302 g/mol. The molecule has 0 atom stereocenters. The fraction of sp³-hybridized carbons (Fsp3) is 0.176. The lowest BCUT2D eigenvalue weighted by Crippen LogP contribution is -1.98. The largest absolute Gasteiger partial charge is 0.392 e. The molecule has 0 radical (unpaired) electrons. The molecule has 0 aliphatic heterocycles. The van der Waals surface area contributed by atoms with Crippen LogP contribution in [-0.4, -0.2) is 34.4 Å². The van der Waals surface area contributed by atoms with E-state index in [1.54, 1.807) is 0 Å². The average molecular weight is 302 g/mol. The van der Waals surface area contributed by atoms with Crippen LogP contribution in [0.1, 0.15) is 0 Å². The molecule has 3 aromatic rings. The summed E-state index contributed by atoms with van der Waals surface area (Å²) >= 11 is 0. The second-order valence-corrected chi connectivity index (χ2v) is 6.89. The molecule has 3 N–H and O–H groups in total. The fourth-order valence-corrected chi connectivity index (χ4v) is 2.46. The van der Waals surface area contributed by atoms with Crippen LogP contribution in [0.5, 0.6) is 0 Å². The van der Waals surface area contributed by atoms with Gasteiger partial charge in [-0.2, -0.15) is 0 Å². The smallest absolute Gasteiger partial charge is 0.0668 e. The van der Waals surface area contributed by atoms with Crippen molar-refractivity contribution in [2.24, 2.45) is 0 Å². The number of hydrogen-bond acceptors (Lipinski definition) is 3. The Kier molecular flexibility index (Phi) is 5.66. The molecule has 0 bridgehead atoms. The minimum atomic E-state index is -0.887. The molecule has 0 heterocycles. The maximum Gasteiger partial charge on any atom is 0.0668 e. The molecule has 3 rings (SSSR count). The molecule has 0 unspecified atom stereocenters. The van der Waals surface area contributed by atoms with E-state index in [2.05, 4.69) is 55.1 Å². The number of aliphatic hydroxyl groups is 3. The molecule has 0 spiro atoms. The molecule has 3 aromatic carbocycles. The molecule has 0 amide bonds. The van der Waals surface area contributed by atoms with E-state index in [0.29, 0.717) is 0 Å². The van der Waals surface area contributed by atoms with Crippen LogP contribution in [0.4, 0.5) is 0 Å². The molecule has 110 valence electrons. The van der Waals surface area contributed by atoms with Gasteiger partial charge < -0.3 is 15.3 Å². The van der Waals surface area contributed by atoms with Crippen molar-refractivity contribution in [3.8, 4) is 0 Å². The second kappa shape index (κ2) is 7.48. The van der Waals surface area contributed by atoms with Crippen LogP contribution in [0.25, 0.3) is 28.1 Å². The summed E-state index contributed by atoms with van der Waals surface area (Å²) in [4.78, 5) is 0. The molecule has 0 aliphatic rings. The van der Waals surface area contributed by atoms with Crippen LogP contribution in [0, 0.1) is 0 Å². The Balaban J connectivity index is 0.000000199. The molecule has 0 saturated carbocycles. The molecular weight excluding hydrogens is 283 g/mol. The third-order valence-corrected chi connectivity index (χ3v) is 4.55. The fourth-order valence-electron chi connectivity index (χ4n) is 2.19. The van der Waals surface area contributed by atoms with Gasteiger partial charge in [-0.15, -0.1) is 0 Å². The average Bonchev–Trinajstić information content (AvgIpc) is 2.53. The summed E-state index contributed by atoms with van der Waals surface area (Å²) in [6, 6.07) is 17.0. The highest BCUT2D eigenvalue weighted by Crippen LogP contribution is 2.29. The van der Waals surface area contributed by atoms with Crippen molar-refractivity contribution in [3.05, 3.63) is 53.7 Å². The van der Waals surface area contributed by atoms with E-state index in [-0.39, 0.29) is 19.0 Å². The third-order valence-electron chi connectivity index (χ3n) is 3.35. The summed E-state index contributed by atoms with van der Waals surface area (Å²) in [5.74, 6) is 0. The highest BCUT2D eigenvalue weighted by molar-refractivity contribution is 7.56. The number of benzene rings is 3. The zero-order valence-electron chi connectivity index (χ0n) is 11.7. The first-order chi connectivity index (χ1) is 10.2. The van der Waals surface area contributed by atoms with Gasteiger partial charge in [0.2, 0.25) is 0 Å². The highest BCUT2D eigenvalue weighted by Gasteiger charge is 2.00. The van der Waals surface area contributed by atoms with Gasteiger partial charge in [0.25, 0.3) is 0 Å². The summed E-state index contributed by atoms with van der Waals surface area (Å²) in [7, 11) is -0.887. The lowest BCUT2D eigenvalue weighted by Gasteiger charge is -2.04. The van der Waals surface area contributed by atoms with Gasteiger partial charge in [0.1, 0.15) is 0 Å². The van der Waals surface area contributed by atoms with Crippen LogP contribution in [0.3, 0.4) is 0 Å². The van der Waals surface area contributed by atoms with Crippen molar-refractivity contribution >= 4 is 36.0 Å². The maximum absolute atomic E-state index is 8.23. The normalized spacial score (nSPS) is 10.9. The summed E-state index contributed by atoms with van der Waals surface area (Å²) in [6.07, 6.45) is -0.243. The van der Waals surface area contributed by atoms with Crippen LogP contribution in [-0.2, 0) is 0 Å². The quantitative estimate of drug-likeness (QED) is 0.651. The third kappa shape index (κ3) is 3.58. The SMILES string of the molecule is C=c1ccc2cccc3cccc1c32.OCP(CO)CO. The van der Waals surface area contributed by atoms with E-state index in [4.69, 9.17) is 15.3 Å². The standard InChI is InChI=1S/C14H10.C3H9O3P/c1-10-8-9-12-5-2-4-11-6-3-7-13(10)14(11)12;4-1-7(2-5)3-6/h2-9H,1H2;4-6H,1-3H2. The van der Waals surface area contributed by atoms with Gasteiger partial charge in [0, 0.05) is 0 Å². The predicted octanol–water partition coefficient (Wildman–Crippen LogP) is 2.44. The van der Waals surface area contributed by atoms with Gasteiger partial charge >= 0.3 is 0 Å². The van der Waals surface area contributed by atoms with Gasteiger partial charge in [-0.3, -0.25) is 0 Å². The van der Waals surface area contributed by atoms with Crippen molar-refractivity contribution in [3.63, 3.8) is 0 Å². The Labute approximate surface area is 124 Å². The van der Waals surface area contributed by atoms with Gasteiger partial charge in [-0.05, 0) is 34.7 Å². The first-order valence-electron chi connectivity index (χ1n) is 6.65. The topological polar surface area (TPSA) is 60.7 Å². The summed E-state index contributed by atoms with van der Waals surface area (Å²) in [6.45, 7) is 4.05. The van der Waals surface area contributed by atoms with E-state index < -0.39 is 7.92 Å². The van der Waals surface area contributed by atoms with Gasteiger partial charge in [0.05, 0.1) is 19.0 Å². The Hall–Kier alpha value is -1.51. The van der Waals surface area contributed by atoms with Crippen molar-refractivity contribution in [1.29, 1.82) is 0 Å². The van der Waals surface area contributed by atoms with Gasteiger partial charge in [0.15, 0.2) is 0 Å². The Morgan fingerprint density at radius 3 is 1.81 bits per heavy atom. The minimum Gasteiger partial charge on any atom is -0.392 e. The lowest BCUT2D eigenvalue weighted by atomic mass is 10.00. The van der Waals surface area contributed by atoms with Crippen molar-refractivity contribution < 1.29 is 15.3 Å². The van der Waals surface area contributed by atoms with Crippen molar-refractivity contribution in [1.82, 2.24) is 0 Å². The minimum absolute atomic E-state index is 0.0810. The van der Waals surface area contributed by atoms with Crippen molar-refractivity contribution in [2.45, 2.75) is 0 Å². The first-order valence-corrected chi connectivity index (χ1v) is 8.55. The molecule has 0 aliphatic carbocycles. The Bertz CT molecular complexity index is 725. The van der Waals surface area contributed by atoms with Crippen LogP contribution in [0.2, 0.25) is 0 Å². The van der Waals surface area contributed by atoms with Crippen LogP contribution < -0.4 is 5.22 Å². The number of hydrogen-bond donors (Lipinski definition) is 3. The molecular formula is C17H19O3P. The predicted molar refractivity (Wildman–Crippen MR) is 90.4 cm³/mol. The molecule has 3 nitrogen and oxygen atoms in total. The zero-order valence-corrected chi connectivity index (χ0v) is 12.6. The molecule has 0 saturated heterocycles. The lowest BCUT2D eigenvalue weighted by molar-refractivity contribution is 0.319. The van der Waals surface area contributed by atoms with Gasteiger partial charge in [-0.25, -0.2) is 0 Å². The molecule has 0 aromatic heterocycles. The van der Waals surface area contributed by atoms with Gasteiger partial charge in [-0.1, -0.05) is 55.1 Å². The van der Waals surface area contributed by atoms with E-state index in [1.165, 1.54) is 21.5 Å². The van der Waals surface area contributed by atoms with Crippen LogP contribution in [0.15, 0.2) is 48.5 Å². The molecule has 0 fully saturated rings. The summed E-state index contributed by atoms with van der Waals surface area (Å²) < 4.78 is 0. The highest BCUT2D eigenvalue weighted by atomic mass is 31.1. The zero-order chi connectivity index (χ0) is 15.2. The van der Waals surface area contributed by atoms with E-state index in [0.717, 1.165) is 5.22 Å². The second-order valence-electron chi connectivity index (χ2n) is 4.70. The van der Waals surface area contributed by atoms with Crippen molar-refractivity contribution in [2.75, 3.05) is 19.0 Å². The first kappa shape index (κ1) is 15.9.